The lowest BCUT2D eigenvalue weighted by Gasteiger charge is -2.21. The Morgan fingerprint density at radius 1 is 1.05 bits per heavy atom. The molecule has 0 aliphatic carbocycles. The van der Waals surface area contributed by atoms with Gasteiger partial charge in [-0.15, -0.1) is 0 Å². The fraction of sp³-hybridized carbons (Fsp3) is 0.600. The fourth-order valence-corrected chi connectivity index (χ4v) is 2.10. The summed E-state index contributed by atoms with van der Waals surface area (Å²) < 4.78 is 25.0. The molecule has 0 aromatic heterocycles. The Hall–Kier alpha value is -1.00. The van der Waals surface area contributed by atoms with E-state index in [9.17, 15) is 8.78 Å². The molecule has 0 radical (unpaired) electrons. The molecule has 1 unspecified atom stereocenters. The molecule has 0 amide bonds. The first kappa shape index (κ1) is 16.1. The van der Waals surface area contributed by atoms with Gasteiger partial charge in [0, 0.05) is 18.2 Å². The first-order valence-electron chi connectivity index (χ1n) is 6.93. The maximum absolute atomic E-state index is 12.5. The van der Waals surface area contributed by atoms with E-state index in [2.05, 4.69) is 19.2 Å². The second kappa shape index (κ2) is 8.23. The summed E-state index contributed by atoms with van der Waals surface area (Å²) in [6, 6.07) is 6.45. The smallest absolute Gasteiger partial charge is 0.263 e. The molecular formula is C15H24F2N2. The average molecular weight is 270 g/mol. The highest BCUT2D eigenvalue weighted by Gasteiger charge is 2.13. The van der Waals surface area contributed by atoms with Crippen molar-refractivity contribution in [3.63, 3.8) is 0 Å². The van der Waals surface area contributed by atoms with Gasteiger partial charge in [0.25, 0.3) is 6.43 Å². The Labute approximate surface area is 114 Å². The molecule has 0 heterocycles. The van der Waals surface area contributed by atoms with Crippen LogP contribution in [-0.4, -0.2) is 13.1 Å². The Morgan fingerprint density at radius 3 is 2.00 bits per heavy atom. The van der Waals surface area contributed by atoms with E-state index in [4.69, 9.17) is 5.73 Å². The normalized spacial score (nSPS) is 13.2. The number of hydrogen-bond acceptors (Lipinski definition) is 2. The zero-order chi connectivity index (χ0) is 14.3. The number of nitrogens with one attached hydrogen (secondary N) is 1. The molecular weight excluding hydrogens is 246 g/mol. The third kappa shape index (κ3) is 4.88. The third-order valence-corrected chi connectivity index (χ3v) is 3.63. The predicted molar refractivity (Wildman–Crippen MR) is 75.3 cm³/mol. The average Bonchev–Trinajstić information content (AvgIpc) is 2.44. The molecule has 0 saturated heterocycles. The molecule has 108 valence electrons. The molecule has 1 rings (SSSR count). The van der Waals surface area contributed by atoms with Crippen molar-refractivity contribution in [2.45, 2.75) is 39.2 Å². The van der Waals surface area contributed by atoms with Gasteiger partial charge in [0.2, 0.25) is 0 Å². The van der Waals surface area contributed by atoms with Crippen molar-refractivity contribution in [2.75, 3.05) is 13.1 Å². The molecule has 3 N–H and O–H groups in total. The Morgan fingerprint density at radius 2 is 1.58 bits per heavy atom. The number of hydrogen-bond donors (Lipinski definition) is 2. The van der Waals surface area contributed by atoms with E-state index < -0.39 is 6.43 Å². The van der Waals surface area contributed by atoms with Crippen molar-refractivity contribution in [2.24, 2.45) is 11.7 Å². The SMILES string of the molecule is CCC(CC)CNC(CN)c1ccc(C(F)F)cc1. The third-order valence-electron chi connectivity index (χ3n) is 3.63. The van der Waals surface area contributed by atoms with Gasteiger partial charge >= 0.3 is 0 Å². The Kier molecular flexibility index (Phi) is 6.95. The van der Waals surface area contributed by atoms with Gasteiger partial charge in [-0.25, -0.2) is 8.78 Å². The topological polar surface area (TPSA) is 38.0 Å². The molecule has 2 nitrogen and oxygen atoms in total. The van der Waals surface area contributed by atoms with Crippen molar-refractivity contribution in [3.8, 4) is 0 Å². The maximum atomic E-state index is 12.5. The minimum atomic E-state index is -2.41. The molecule has 0 bridgehead atoms. The summed E-state index contributed by atoms with van der Waals surface area (Å²) in [6.45, 7) is 5.72. The lowest BCUT2D eigenvalue weighted by Crippen LogP contribution is -2.32. The van der Waals surface area contributed by atoms with Gasteiger partial charge in [-0.1, -0.05) is 51.0 Å². The molecule has 1 aromatic rings. The van der Waals surface area contributed by atoms with Gasteiger partial charge in [0.05, 0.1) is 0 Å². The second-order valence-corrected chi connectivity index (χ2v) is 4.85. The van der Waals surface area contributed by atoms with Gasteiger partial charge in [-0.2, -0.15) is 0 Å². The number of halogens is 2. The zero-order valence-electron chi connectivity index (χ0n) is 11.7. The predicted octanol–water partition coefficient (Wildman–Crippen LogP) is 3.65. The lowest BCUT2D eigenvalue weighted by molar-refractivity contribution is 0.151. The van der Waals surface area contributed by atoms with Crippen LogP contribution in [0.15, 0.2) is 24.3 Å². The number of rotatable bonds is 8. The van der Waals surface area contributed by atoms with Crippen molar-refractivity contribution in [1.29, 1.82) is 0 Å². The maximum Gasteiger partial charge on any atom is 0.263 e. The van der Waals surface area contributed by atoms with Crippen LogP contribution in [0.2, 0.25) is 0 Å². The Bertz CT molecular complexity index is 348. The minimum absolute atomic E-state index is 0.0346. The van der Waals surface area contributed by atoms with Crippen molar-refractivity contribution in [3.05, 3.63) is 35.4 Å². The molecule has 0 fully saturated rings. The summed E-state index contributed by atoms with van der Waals surface area (Å²) in [5, 5.41) is 3.42. The van der Waals surface area contributed by atoms with E-state index in [-0.39, 0.29) is 11.6 Å². The van der Waals surface area contributed by atoms with E-state index >= 15 is 0 Å². The van der Waals surface area contributed by atoms with E-state index in [1.807, 2.05) is 0 Å². The quantitative estimate of drug-likeness (QED) is 0.756. The fourth-order valence-electron chi connectivity index (χ4n) is 2.10. The van der Waals surface area contributed by atoms with Crippen molar-refractivity contribution in [1.82, 2.24) is 5.32 Å². The van der Waals surface area contributed by atoms with Crippen molar-refractivity contribution < 1.29 is 8.78 Å². The van der Waals surface area contributed by atoms with Crippen LogP contribution in [0.25, 0.3) is 0 Å². The van der Waals surface area contributed by atoms with Gasteiger partial charge in [0.1, 0.15) is 0 Å². The first-order chi connectivity index (χ1) is 9.12. The van der Waals surface area contributed by atoms with E-state index in [0.717, 1.165) is 24.9 Å². The summed E-state index contributed by atoms with van der Waals surface area (Å²) in [4.78, 5) is 0. The number of alkyl halides is 2. The van der Waals surface area contributed by atoms with Crippen molar-refractivity contribution >= 4 is 0 Å². The molecule has 1 aromatic carbocycles. The minimum Gasteiger partial charge on any atom is -0.329 e. The molecule has 0 saturated carbocycles. The van der Waals surface area contributed by atoms with Gasteiger partial charge in [-0.05, 0) is 18.0 Å². The summed E-state index contributed by atoms with van der Waals surface area (Å²) >= 11 is 0. The molecule has 0 aliphatic rings. The van der Waals surface area contributed by atoms with Crippen LogP contribution in [0, 0.1) is 5.92 Å². The van der Waals surface area contributed by atoms with Crippen LogP contribution in [-0.2, 0) is 0 Å². The number of benzene rings is 1. The van der Waals surface area contributed by atoms with Gasteiger partial charge in [0.15, 0.2) is 0 Å². The molecule has 0 spiro atoms. The lowest BCUT2D eigenvalue weighted by atomic mass is 10.0. The van der Waals surface area contributed by atoms with E-state index in [1.54, 1.807) is 12.1 Å². The monoisotopic (exact) mass is 270 g/mol. The first-order valence-corrected chi connectivity index (χ1v) is 6.93. The van der Waals surface area contributed by atoms with Crippen LogP contribution in [0.1, 0.15) is 50.3 Å². The van der Waals surface area contributed by atoms with Crippen LogP contribution in [0.4, 0.5) is 8.78 Å². The second-order valence-electron chi connectivity index (χ2n) is 4.85. The molecule has 19 heavy (non-hydrogen) atoms. The molecule has 1 atom stereocenters. The molecule has 0 aliphatic heterocycles. The zero-order valence-corrected chi connectivity index (χ0v) is 11.7. The van der Waals surface area contributed by atoms with Crippen LogP contribution in [0.5, 0.6) is 0 Å². The summed E-state index contributed by atoms with van der Waals surface area (Å²) in [6.07, 6.45) is -0.154. The highest BCUT2D eigenvalue weighted by Crippen LogP contribution is 2.21. The van der Waals surface area contributed by atoms with Crippen LogP contribution >= 0.6 is 0 Å². The van der Waals surface area contributed by atoms with Gasteiger partial charge < -0.3 is 11.1 Å². The Balaban J connectivity index is 2.63. The van der Waals surface area contributed by atoms with Crippen LogP contribution < -0.4 is 11.1 Å². The summed E-state index contributed by atoms with van der Waals surface area (Å²) in [5.41, 5.74) is 6.79. The standard InChI is InChI=1S/C15H24F2N2/c1-3-11(4-2)10-19-14(9-18)12-5-7-13(8-6-12)15(16)17/h5-8,11,14-15,19H,3-4,9-10,18H2,1-2H3. The number of nitrogens with two attached hydrogens (primary N) is 1. The summed E-state index contributed by atoms with van der Waals surface area (Å²) in [5.74, 6) is 0.634. The van der Waals surface area contributed by atoms with Gasteiger partial charge in [-0.3, -0.25) is 0 Å². The highest BCUT2D eigenvalue weighted by molar-refractivity contribution is 5.26. The van der Waals surface area contributed by atoms with E-state index in [1.165, 1.54) is 12.1 Å². The summed E-state index contributed by atoms with van der Waals surface area (Å²) in [7, 11) is 0. The van der Waals surface area contributed by atoms with Crippen LogP contribution in [0.3, 0.4) is 0 Å². The molecule has 4 heteroatoms. The van der Waals surface area contributed by atoms with E-state index in [0.29, 0.717) is 12.5 Å². The largest absolute Gasteiger partial charge is 0.329 e. The highest BCUT2D eigenvalue weighted by atomic mass is 19.3.